The summed E-state index contributed by atoms with van der Waals surface area (Å²) in [6, 6.07) is 0. The zero-order valence-electron chi connectivity index (χ0n) is 10.5. The van der Waals surface area contributed by atoms with Crippen LogP contribution in [-0.2, 0) is 14.3 Å². The number of allylic oxidation sites excluding steroid dienone is 1. The third-order valence-corrected chi connectivity index (χ3v) is 2.38. The first-order chi connectivity index (χ1) is 8.02. The number of carboxylic acid groups (broad SMARTS) is 1. The van der Waals surface area contributed by atoms with Crippen molar-refractivity contribution in [2.75, 3.05) is 0 Å². The van der Waals surface area contributed by atoms with Crippen LogP contribution in [0.2, 0.25) is 0 Å². The summed E-state index contributed by atoms with van der Waals surface area (Å²) < 4.78 is 4.82. The molecule has 0 aromatic rings. The van der Waals surface area contributed by atoms with E-state index in [1.807, 2.05) is 0 Å². The van der Waals surface area contributed by atoms with Gasteiger partial charge in [-0.3, -0.25) is 9.59 Å². The van der Waals surface area contributed by atoms with Crippen LogP contribution in [0.5, 0.6) is 0 Å². The van der Waals surface area contributed by atoms with Crippen LogP contribution >= 0.6 is 0 Å². The molecular formula is C13H22O4. The van der Waals surface area contributed by atoms with Crippen molar-refractivity contribution in [1.29, 1.82) is 0 Å². The van der Waals surface area contributed by atoms with Gasteiger partial charge >= 0.3 is 11.9 Å². The second-order valence-corrected chi connectivity index (χ2v) is 4.15. The Hall–Kier alpha value is -1.32. The molecule has 17 heavy (non-hydrogen) atoms. The Morgan fingerprint density at radius 3 is 1.94 bits per heavy atom. The molecule has 0 atom stereocenters. The van der Waals surface area contributed by atoms with E-state index in [2.05, 4.69) is 6.58 Å². The Bertz CT molecular complexity index is 258. The standard InChI is InChI=1S/C13H22O4/c1-11(17-12(2)14)9-7-5-3-4-6-8-10-13(15)16/h1,3-10H2,2H3,(H,15,16). The first-order valence-corrected chi connectivity index (χ1v) is 6.10. The van der Waals surface area contributed by atoms with E-state index in [4.69, 9.17) is 9.84 Å². The normalized spacial score (nSPS) is 9.94. The summed E-state index contributed by atoms with van der Waals surface area (Å²) in [5.41, 5.74) is 0. The molecule has 0 aliphatic carbocycles. The largest absolute Gasteiger partial charge is 0.481 e. The van der Waals surface area contributed by atoms with E-state index in [1.165, 1.54) is 6.92 Å². The van der Waals surface area contributed by atoms with Gasteiger partial charge in [-0.25, -0.2) is 0 Å². The van der Waals surface area contributed by atoms with Gasteiger partial charge in [0.05, 0.1) is 0 Å². The molecule has 0 aliphatic heterocycles. The third-order valence-electron chi connectivity index (χ3n) is 2.38. The minimum atomic E-state index is -0.720. The van der Waals surface area contributed by atoms with Crippen LogP contribution in [0.3, 0.4) is 0 Å². The fourth-order valence-corrected chi connectivity index (χ4v) is 1.56. The number of carbonyl (C=O) groups is 2. The highest BCUT2D eigenvalue weighted by Crippen LogP contribution is 2.12. The lowest BCUT2D eigenvalue weighted by molar-refractivity contribution is -0.138. The fourth-order valence-electron chi connectivity index (χ4n) is 1.56. The second kappa shape index (κ2) is 9.87. The van der Waals surface area contributed by atoms with Gasteiger partial charge in [-0.15, -0.1) is 0 Å². The lowest BCUT2D eigenvalue weighted by Crippen LogP contribution is -1.97. The highest BCUT2D eigenvalue weighted by molar-refractivity contribution is 5.67. The molecule has 0 fully saturated rings. The molecule has 0 rings (SSSR count). The van der Waals surface area contributed by atoms with Crippen molar-refractivity contribution in [2.24, 2.45) is 0 Å². The first kappa shape index (κ1) is 15.7. The molecule has 0 saturated carbocycles. The van der Waals surface area contributed by atoms with E-state index in [9.17, 15) is 9.59 Å². The molecule has 0 radical (unpaired) electrons. The molecule has 0 spiro atoms. The number of hydrogen-bond acceptors (Lipinski definition) is 3. The molecular weight excluding hydrogens is 220 g/mol. The van der Waals surface area contributed by atoms with Gasteiger partial charge in [0.15, 0.2) is 0 Å². The van der Waals surface area contributed by atoms with Crippen molar-refractivity contribution in [1.82, 2.24) is 0 Å². The monoisotopic (exact) mass is 242 g/mol. The van der Waals surface area contributed by atoms with Crippen molar-refractivity contribution >= 4 is 11.9 Å². The maximum absolute atomic E-state index is 10.6. The quantitative estimate of drug-likeness (QED) is 0.363. The fraction of sp³-hybridized carbons (Fsp3) is 0.692. The Balaban J connectivity index is 3.21. The average molecular weight is 242 g/mol. The van der Waals surface area contributed by atoms with E-state index >= 15 is 0 Å². The first-order valence-electron chi connectivity index (χ1n) is 6.10. The van der Waals surface area contributed by atoms with Gasteiger partial charge in [-0.1, -0.05) is 32.3 Å². The maximum Gasteiger partial charge on any atom is 0.307 e. The summed E-state index contributed by atoms with van der Waals surface area (Å²) in [4.78, 5) is 20.8. The minimum Gasteiger partial charge on any atom is -0.481 e. The van der Waals surface area contributed by atoms with Crippen LogP contribution < -0.4 is 0 Å². The molecule has 4 heteroatoms. The van der Waals surface area contributed by atoms with Crippen molar-refractivity contribution in [3.63, 3.8) is 0 Å². The van der Waals surface area contributed by atoms with E-state index in [1.54, 1.807) is 0 Å². The molecule has 0 aliphatic rings. The number of carbonyl (C=O) groups excluding carboxylic acids is 1. The summed E-state index contributed by atoms with van der Waals surface area (Å²) in [7, 11) is 0. The van der Waals surface area contributed by atoms with E-state index in [-0.39, 0.29) is 12.4 Å². The average Bonchev–Trinajstić information content (AvgIpc) is 2.20. The molecule has 0 unspecified atom stereocenters. The van der Waals surface area contributed by atoms with Crippen LogP contribution in [-0.4, -0.2) is 17.0 Å². The molecule has 0 heterocycles. The molecule has 0 aromatic carbocycles. The Morgan fingerprint density at radius 1 is 1.00 bits per heavy atom. The van der Waals surface area contributed by atoms with Gasteiger partial charge in [-0.05, 0) is 12.8 Å². The molecule has 0 saturated heterocycles. The molecule has 0 bridgehead atoms. The SMILES string of the molecule is C=C(CCCCCCCCC(=O)O)OC(C)=O. The van der Waals surface area contributed by atoms with Crippen LogP contribution in [0.4, 0.5) is 0 Å². The lowest BCUT2D eigenvalue weighted by Gasteiger charge is -2.04. The van der Waals surface area contributed by atoms with Crippen LogP contribution in [0, 0.1) is 0 Å². The van der Waals surface area contributed by atoms with Crippen LogP contribution in [0.25, 0.3) is 0 Å². The highest BCUT2D eigenvalue weighted by atomic mass is 16.5. The summed E-state index contributed by atoms with van der Waals surface area (Å²) in [6.07, 6.45) is 6.89. The van der Waals surface area contributed by atoms with Gasteiger partial charge in [0.1, 0.15) is 5.76 Å². The van der Waals surface area contributed by atoms with Gasteiger partial charge < -0.3 is 9.84 Å². The minimum absolute atomic E-state index is 0.267. The van der Waals surface area contributed by atoms with Crippen molar-refractivity contribution < 1.29 is 19.4 Å². The molecule has 1 N–H and O–H groups in total. The zero-order chi connectivity index (χ0) is 13.1. The van der Waals surface area contributed by atoms with E-state index in [0.29, 0.717) is 12.2 Å². The highest BCUT2D eigenvalue weighted by Gasteiger charge is 2.00. The summed E-state index contributed by atoms with van der Waals surface area (Å²) >= 11 is 0. The Kier molecular flexibility index (Phi) is 9.11. The summed E-state index contributed by atoms with van der Waals surface area (Å²) in [6.45, 7) is 5.02. The van der Waals surface area contributed by atoms with Gasteiger partial charge in [-0.2, -0.15) is 0 Å². The predicted molar refractivity (Wildman–Crippen MR) is 65.5 cm³/mol. The Labute approximate surface area is 103 Å². The second-order valence-electron chi connectivity index (χ2n) is 4.15. The third kappa shape index (κ3) is 12.6. The van der Waals surface area contributed by atoms with Gasteiger partial charge in [0.25, 0.3) is 0 Å². The van der Waals surface area contributed by atoms with E-state index < -0.39 is 5.97 Å². The number of rotatable bonds is 10. The molecule has 4 nitrogen and oxygen atoms in total. The number of hydrogen-bond donors (Lipinski definition) is 1. The van der Waals surface area contributed by atoms with Gasteiger partial charge in [0.2, 0.25) is 0 Å². The van der Waals surface area contributed by atoms with Crippen LogP contribution in [0.15, 0.2) is 12.3 Å². The number of carboxylic acids is 1. The van der Waals surface area contributed by atoms with Crippen LogP contribution in [0.1, 0.15) is 58.3 Å². The zero-order valence-corrected chi connectivity index (χ0v) is 10.5. The van der Waals surface area contributed by atoms with Gasteiger partial charge in [0, 0.05) is 19.8 Å². The van der Waals surface area contributed by atoms with Crippen molar-refractivity contribution in [2.45, 2.75) is 58.3 Å². The number of aliphatic carboxylic acids is 1. The smallest absolute Gasteiger partial charge is 0.307 e. The van der Waals surface area contributed by atoms with E-state index in [0.717, 1.165) is 38.5 Å². The summed E-state index contributed by atoms with van der Waals surface area (Å²) in [5.74, 6) is -0.505. The summed E-state index contributed by atoms with van der Waals surface area (Å²) in [5, 5.41) is 8.44. The predicted octanol–water partition coefficient (Wildman–Crippen LogP) is 3.27. The molecule has 0 amide bonds. The van der Waals surface area contributed by atoms with Crippen molar-refractivity contribution in [3.05, 3.63) is 12.3 Å². The number of esters is 1. The molecule has 0 aromatic heterocycles. The lowest BCUT2D eigenvalue weighted by atomic mass is 10.1. The maximum atomic E-state index is 10.6. The topological polar surface area (TPSA) is 63.6 Å². The van der Waals surface area contributed by atoms with Crippen molar-refractivity contribution in [3.8, 4) is 0 Å². The molecule has 98 valence electrons. The number of unbranched alkanes of at least 4 members (excludes halogenated alkanes) is 5. The number of ether oxygens (including phenoxy) is 1. The Morgan fingerprint density at radius 2 is 1.47 bits per heavy atom.